The summed E-state index contributed by atoms with van der Waals surface area (Å²) in [5.74, 6) is 0.443. The predicted molar refractivity (Wildman–Crippen MR) is 98.4 cm³/mol. The van der Waals surface area contributed by atoms with Crippen LogP contribution in [0.15, 0.2) is 24.4 Å². The lowest BCUT2D eigenvalue weighted by atomic mass is 9.96. The van der Waals surface area contributed by atoms with Gasteiger partial charge in [0.25, 0.3) is 0 Å². The summed E-state index contributed by atoms with van der Waals surface area (Å²) in [7, 11) is 0. The Morgan fingerprint density at radius 2 is 2.04 bits per heavy atom. The molecule has 6 nitrogen and oxygen atoms in total. The zero-order valence-electron chi connectivity index (χ0n) is 14.3. The molecule has 0 unspecified atom stereocenters. The van der Waals surface area contributed by atoms with E-state index in [-0.39, 0.29) is 12.1 Å². The quantitative estimate of drug-likeness (QED) is 0.749. The number of aliphatic hydroxyl groups excluding tert-OH is 2. The Balaban J connectivity index is 1.34. The minimum Gasteiger partial charge on any atom is -0.396 e. The van der Waals surface area contributed by atoms with E-state index in [0.29, 0.717) is 12.5 Å². The van der Waals surface area contributed by atoms with Crippen LogP contribution >= 0.6 is 11.3 Å². The highest BCUT2D eigenvalue weighted by molar-refractivity contribution is 7.15. The number of aromatic nitrogens is 2. The molecule has 2 aliphatic rings. The molecule has 0 aromatic carbocycles. The Bertz CT molecular complexity index is 666. The zero-order valence-corrected chi connectivity index (χ0v) is 15.2. The first-order valence-electron chi connectivity index (χ1n) is 9.06. The van der Waals surface area contributed by atoms with Crippen LogP contribution in [-0.4, -0.2) is 75.1 Å². The second-order valence-corrected chi connectivity index (χ2v) is 8.40. The number of aromatic amines is 1. The van der Waals surface area contributed by atoms with Gasteiger partial charge in [-0.25, -0.2) is 0 Å². The van der Waals surface area contributed by atoms with Gasteiger partial charge in [-0.15, -0.1) is 11.3 Å². The van der Waals surface area contributed by atoms with Gasteiger partial charge >= 0.3 is 0 Å². The lowest BCUT2D eigenvalue weighted by Crippen LogP contribution is -2.47. The molecule has 136 valence electrons. The van der Waals surface area contributed by atoms with Crippen LogP contribution in [0.2, 0.25) is 0 Å². The second-order valence-electron chi connectivity index (χ2n) is 7.23. The van der Waals surface area contributed by atoms with E-state index in [4.69, 9.17) is 0 Å². The molecule has 2 fully saturated rings. The number of nitrogens with zero attached hydrogens (tertiary/aromatic N) is 3. The number of hydrogen-bond donors (Lipinski definition) is 3. The Morgan fingerprint density at radius 3 is 2.76 bits per heavy atom. The number of hydrogen-bond acceptors (Lipinski definition) is 6. The molecule has 2 saturated heterocycles. The van der Waals surface area contributed by atoms with Crippen molar-refractivity contribution < 1.29 is 10.2 Å². The maximum atomic E-state index is 10.5. The first-order valence-corrected chi connectivity index (χ1v) is 9.88. The molecule has 0 spiro atoms. The van der Waals surface area contributed by atoms with Crippen molar-refractivity contribution in [1.82, 2.24) is 20.0 Å². The number of rotatable bonds is 5. The summed E-state index contributed by atoms with van der Waals surface area (Å²) in [4.78, 5) is 7.29. The van der Waals surface area contributed by atoms with Gasteiger partial charge in [-0.3, -0.25) is 14.9 Å². The topological polar surface area (TPSA) is 75.6 Å². The molecule has 0 bridgehead atoms. The van der Waals surface area contributed by atoms with Gasteiger partial charge in [0.05, 0.1) is 16.7 Å². The Labute approximate surface area is 152 Å². The van der Waals surface area contributed by atoms with E-state index in [2.05, 4.69) is 32.1 Å². The molecule has 7 heteroatoms. The fourth-order valence-corrected chi connectivity index (χ4v) is 5.05. The van der Waals surface area contributed by atoms with Gasteiger partial charge in [-0.1, -0.05) is 0 Å². The lowest BCUT2D eigenvalue weighted by molar-refractivity contribution is 0.0487. The number of H-pyrrole nitrogens is 1. The van der Waals surface area contributed by atoms with Gasteiger partial charge < -0.3 is 10.2 Å². The van der Waals surface area contributed by atoms with Crippen LogP contribution in [0.3, 0.4) is 0 Å². The molecule has 4 heterocycles. The second kappa shape index (κ2) is 7.55. The highest BCUT2D eigenvalue weighted by Crippen LogP contribution is 2.29. The normalized spacial score (nSPS) is 26.5. The number of β-amino-alcohol motifs (C(OH)–C–C–N with tert-alkyl or cyclic N) is 1. The summed E-state index contributed by atoms with van der Waals surface area (Å²) in [5.41, 5.74) is 1.06. The van der Waals surface area contributed by atoms with E-state index in [1.807, 2.05) is 6.07 Å². The van der Waals surface area contributed by atoms with Gasteiger partial charge in [-0.2, -0.15) is 5.10 Å². The van der Waals surface area contributed by atoms with Crippen LogP contribution in [0.25, 0.3) is 10.6 Å². The largest absolute Gasteiger partial charge is 0.396 e. The molecule has 2 aliphatic heterocycles. The van der Waals surface area contributed by atoms with Crippen LogP contribution in [0.1, 0.15) is 17.7 Å². The maximum Gasteiger partial charge on any atom is 0.0834 e. The average molecular weight is 362 g/mol. The van der Waals surface area contributed by atoms with Crippen molar-refractivity contribution in [3.05, 3.63) is 29.3 Å². The molecule has 2 aromatic rings. The summed E-state index contributed by atoms with van der Waals surface area (Å²) in [6, 6.07) is 6.53. The van der Waals surface area contributed by atoms with Crippen molar-refractivity contribution in [2.24, 2.45) is 5.92 Å². The number of nitrogens with one attached hydrogen (secondary N) is 1. The molecule has 0 saturated carbocycles. The van der Waals surface area contributed by atoms with Crippen LogP contribution in [0.5, 0.6) is 0 Å². The minimum absolute atomic E-state index is 0.228. The lowest BCUT2D eigenvalue weighted by Gasteiger charge is -2.36. The third-order valence-corrected chi connectivity index (χ3v) is 6.62. The van der Waals surface area contributed by atoms with Crippen LogP contribution < -0.4 is 0 Å². The van der Waals surface area contributed by atoms with E-state index in [9.17, 15) is 10.2 Å². The molecular weight excluding hydrogens is 336 g/mol. The van der Waals surface area contributed by atoms with Crippen molar-refractivity contribution in [3.8, 4) is 10.6 Å². The van der Waals surface area contributed by atoms with Crippen LogP contribution in [0.4, 0.5) is 0 Å². The standard InChI is InChI=1S/C18H26N4O2S/c23-12-13-4-7-22(8-5-13)16-10-21(11-17(16)24)9-14-1-2-18(25-14)15-3-6-19-20-15/h1-3,6,13,16-17,23-24H,4-5,7-12H2,(H,19,20)/t16-,17-/m0/s1. The molecule has 25 heavy (non-hydrogen) atoms. The minimum atomic E-state index is -0.280. The molecule has 0 radical (unpaired) electrons. The van der Waals surface area contributed by atoms with Gasteiger partial charge in [0, 0.05) is 43.4 Å². The van der Waals surface area contributed by atoms with Crippen molar-refractivity contribution in [2.75, 3.05) is 32.8 Å². The van der Waals surface area contributed by atoms with Crippen LogP contribution in [0, 0.1) is 5.92 Å². The van der Waals surface area contributed by atoms with E-state index in [0.717, 1.165) is 51.3 Å². The molecule has 2 atom stereocenters. The van der Waals surface area contributed by atoms with Gasteiger partial charge in [-0.05, 0) is 50.0 Å². The smallest absolute Gasteiger partial charge is 0.0834 e. The summed E-state index contributed by atoms with van der Waals surface area (Å²) in [6.07, 6.45) is 3.57. The highest BCUT2D eigenvalue weighted by atomic mass is 32.1. The number of thiophene rings is 1. The van der Waals surface area contributed by atoms with Crippen molar-refractivity contribution in [3.63, 3.8) is 0 Å². The SMILES string of the molecule is OCC1CCN([C@H]2CN(Cc3ccc(-c4ccn[nH]4)s3)C[C@@H]2O)CC1. The molecular formula is C18H26N4O2S. The zero-order chi connectivity index (χ0) is 17.2. The van der Waals surface area contributed by atoms with Crippen molar-refractivity contribution >= 4 is 11.3 Å². The van der Waals surface area contributed by atoms with Crippen LogP contribution in [-0.2, 0) is 6.54 Å². The number of aliphatic hydroxyl groups is 2. The first-order chi connectivity index (χ1) is 12.2. The van der Waals surface area contributed by atoms with Crippen molar-refractivity contribution in [1.29, 1.82) is 0 Å². The van der Waals surface area contributed by atoms with Gasteiger partial charge in [0.2, 0.25) is 0 Å². The molecule has 3 N–H and O–H groups in total. The monoisotopic (exact) mass is 362 g/mol. The maximum absolute atomic E-state index is 10.5. The number of piperidine rings is 1. The summed E-state index contributed by atoms with van der Waals surface area (Å²) in [6.45, 7) is 4.82. The van der Waals surface area contributed by atoms with E-state index >= 15 is 0 Å². The Hall–Kier alpha value is -1.25. The summed E-state index contributed by atoms with van der Waals surface area (Å²) >= 11 is 1.78. The molecule has 0 aliphatic carbocycles. The van der Waals surface area contributed by atoms with E-state index < -0.39 is 0 Å². The predicted octanol–water partition coefficient (Wildman–Crippen LogP) is 1.39. The fourth-order valence-electron chi connectivity index (χ4n) is 4.02. The average Bonchev–Trinajstić information content (AvgIpc) is 3.36. The number of likely N-dealkylation sites (tertiary alicyclic amines) is 2. The van der Waals surface area contributed by atoms with E-state index in [1.165, 1.54) is 9.75 Å². The molecule has 0 amide bonds. The summed E-state index contributed by atoms with van der Waals surface area (Å²) in [5, 5.41) is 26.8. The van der Waals surface area contributed by atoms with Gasteiger partial charge in [0.1, 0.15) is 0 Å². The summed E-state index contributed by atoms with van der Waals surface area (Å²) < 4.78 is 0. The van der Waals surface area contributed by atoms with E-state index in [1.54, 1.807) is 17.5 Å². The highest BCUT2D eigenvalue weighted by Gasteiger charge is 2.36. The molecule has 4 rings (SSSR count). The first kappa shape index (κ1) is 17.2. The van der Waals surface area contributed by atoms with Crippen molar-refractivity contribution in [2.45, 2.75) is 31.5 Å². The molecule has 2 aromatic heterocycles. The Kier molecular flexibility index (Phi) is 5.19. The fraction of sp³-hybridized carbons (Fsp3) is 0.611. The third-order valence-electron chi connectivity index (χ3n) is 5.52. The Morgan fingerprint density at radius 1 is 1.20 bits per heavy atom. The third kappa shape index (κ3) is 3.80. The van der Waals surface area contributed by atoms with Gasteiger partial charge in [0.15, 0.2) is 0 Å².